The first-order valence-electron chi connectivity index (χ1n) is 6.60. The molecule has 7 heteroatoms. The van der Waals surface area contributed by atoms with Crippen LogP contribution < -0.4 is 5.32 Å². The second-order valence-corrected chi connectivity index (χ2v) is 4.67. The van der Waals surface area contributed by atoms with E-state index in [9.17, 15) is 4.79 Å². The first kappa shape index (κ1) is 13.0. The number of fused-ring (bicyclic) bond motifs is 1. The third-order valence-electron chi connectivity index (χ3n) is 3.09. The third kappa shape index (κ3) is 3.12. The summed E-state index contributed by atoms with van der Waals surface area (Å²) in [6.45, 7) is 1.26. The minimum Gasteiger partial charge on any atom is -0.376 e. The van der Waals surface area contributed by atoms with E-state index < -0.39 is 0 Å². The first-order chi connectivity index (χ1) is 9.81. The zero-order chi connectivity index (χ0) is 13.8. The summed E-state index contributed by atoms with van der Waals surface area (Å²) in [4.78, 5) is 15.9. The van der Waals surface area contributed by atoms with Gasteiger partial charge in [0.2, 0.25) is 5.91 Å². The molecular weight excluding hydrogens is 260 g/mol. The van der Waals surface area contributed by atoms with E-state index in [1.165, 1.54) is 0 Å². The van der Waals surface area contributed by atoms with Gasteiger partial charge in [-0.15, -0.1) is 0 Å². The van der Waals surface area contributed by atoms with Crippen molar-refractivity contribution in [3.05, 3.63) is 24.7 Å². The van der Waals surface area contributed by atoms with E-state index in [1.54, 1.807) is 29.2 Å². The summed E-state index contributed by atoms with van der Waals surface area (Å²) in [6, 6.07) is 1.79. The summed E-state index contributed by atoms with van der Waals surface area (Å²) in [5.41, 5.74) is 1.32. The van der Waals surface area contributed by atoms with Crippen molar-refractivity contribution in [2.45, 2.75) is 18.9 Å². The molecule has 1 aliphatic heterocycles. The number of aromatic nitrogens is 3. The highest BCUT2D eigenvalue weighted by atomic mass is 16.5. The number of hydrogen-bond acceptors (Lipinski definition) is 5. The van der Waals surface area contributed by atoms with Gasteiger partial charge in [0.25, 0.3) is 0 Å². The van der Waals surface area contributed by atoms with Crippen LogP contribution in [-0.4, -0.2) is 46.4 Å². The zero-order valence-corrected chi connectivity index (χ0v) is 11.0. The van der Waals surface area contributed by atoms with Gasteiger partial charge in [-0.05, 0) is 12.8 Å². The second kappa shape index (κ2) is 5.98. The molecule has 3 rings (SSSR count). The van der Waals surface area contributed by atoms with Crippen LogP contribution in [0.5, 0.6) is 0 Å². The highest BCUT2D eigenvalue weighted by molar-refractivity contribution is 5.91. The number of rotatable bonds is 5. The Kier molecular flexibility index (Phi) is 3.89. The summed E-state index contributed by atoms with van der Waals surface area (Å²) < 4.78 is 12.4. The maximum absolute atomic E-state index is 11.7. The Morgan fingerprint density at radius 1 is 1.60 bits per heavy atom. The van der Waals surface area contributed by atoms with Crippen molar-refractivity contribution in [2.24, 2.45) is 0 Å². The molecule has 0 aromatic carbocycles. The summed E-state index contributed by atoms with van der Waals surface area (Å²) >= 11 is 0. The summed E-state index contributed by atoms with van der Waals surface area (Å²) in [7, 11) is 0. The van der Waals surface area contributed by atoms with Crippen LogP contribution in [0.25, 0.3) is 5.65 Å². The molecule has 3 heterocycles. The smallest absolute Gasteiger partial charge is 0.250 e. The molecule has 2 aromatic heterocycles. The average Bonchev–Trinajstić information content (AvgIpc) is 3.08. The average molecular weight is 276 g/mol. The molecule has 1 saturated heterocycles. The first-order valence-corrected chi connectivity index (χ1v) is 6.60. The van der Waals surface area contributed by atoms with Gasteiger partial charge in [-0.3, -0.25) is 4.79 Å². The lowest BCUT2D eigenvalue weighted by Crippen LogP contribution is -2.22. The third-order valence-corrected chi connectivity index (χ3v) is 3.09. The maximum atomic E-state index is 11.7. The van der Waals surface area contributed by atoms with Gasteiger partial charge in [-0.1, -0.05) is 0 Å². The molecule has 0 unspecified atom stereocenters. The fourth-order valence-corrected chi connectivity index (χ4v) is 2.13. The van der Waals surface area contributed by atoms with Crippen LogP contribution in [0.15, 0.2) is 24.7 Å². The van der Waals surface area contributed by atoms with Gasteiger partial charge >= 0.3 is 0 Å². The molecule has 0 aliphatic carbocycles. The van der Waals surface area contributed by atoms with Gasteiger partial charge in [-0.2, -0.15) is 5.10 Å². The Balaban J connectivity index is 1.47. The quantitative estimate of drug-likeness (QED) is 0.876. The molecule has 0 saturated carbocycles. The molecule has 1 aliphatic rings. The van der Waals surface area contributed by atoms with Crippen molar-refractivity contribution >= 4 is 17.2 Å². The van der Waals surface area contributed by atoms with Gasteiger partial charge in [0.05, 0.1) is 37.0 Å². The van der Waals surface area contributed by atoms with Crippen LogP contribution in [0.2, 0.25) is 0 Å². The van der Waals surface area contributed by atoms with Crippen LogP contribution in [0.4, 0.5) is 5.69 Å². The van der Waals surface area contributed by atoms with Crippen LogP contribution >= 0.6 is 0 Å². The molecule has 1 atom stereocenters. The van der Waals surface area contributed by atoms with Crippen molar-refractivity contribution in [3.8, 4) is 0 Å². The fraction of sp³-hybridized carbons (Fsp3) is 0.462. The highest BCUT2D eigenvalue weighted by Crippen LogP contribution is 2.12. The molecule has 1 N–H and O–H groups in total. The van der Waals surface area contributed by atoms with Crippen molar-refractivity contribution in [1.29, 1.82) is 0 Å². The monoisotopic (exact) mass is 276 g/mol. The summed E-state index contributed by atoms with van der Waals surface area (Å²) in [5.74, 6) is -0.212. The van der Waals surface area contributed by atoms with E-state index in [4.69, 9.17) is 9.47 Å². The number of amides is 1. The van der Waals surface area contributed by atoms with E-state index in [-0.39, 0.29) is 18.6 Å². The molecule has 7 nitrogen and oxygen atoms in total. The molecule has 20 heavy (non-hydrogen) atoms. The number of anilines is 1. The van der Waals surface area contributed by atoms with Gasteiger partial charge in [-0.25, -0.2) is 9.50 Å². The Morgan fingerprint density at radius 3 is 3.40 bits per heavy atom. The normalized spacial score (nSPS) is 18.5. The summed E-state index contributed by atoms with van der Waals surface area (Å²) in [5, 5.41) is 6.78. The van der Waals surface area contributed by atoms with Crippen LogP contribution in [-0.2, 0) is 14.3 Å². The van der Waals surface area contributed by atoms with E-state index in [2.05, 4.69) is 15.4 Å². The molecule has 0 spiro atoms. The van der Waals surface area contributed by atoms with Crippen LogP contribution in [0, 0.1) is 0 Å². The zero-order valence-electron chi connectivity index (χ0n) is 11.0. The predicted octanol–water partition coefficient (Wildman–Crippen LogP) is 0.863. The highest BCUT2D eigenvalue weighted by Gasteiger charge is 2.16. The predicted molar refractivity (Wildman–Crippen MR) is 71.4 cm³/mol. The van der Waals surface area contributed by atoms with Crippen LogP contribution in [0.3, 0.4) is 0 Å². The lowest BCUT2D eigenvalue weighted by molar-refractivity contribution is -0.121. The number of ether oxygens (including phenoxy) is 2. The number of carbonyl (C=O) groups excluding carboxylic acids is 1. The van der Waals surface area contributed by atoms with E-state index >= 15 is 0 Å². The molecular formula is C13H16N4O3. The number of carbonyl (C=O) groups is 1. The number of nitrogens with zero attached hydrogens (tertiary/aromatic N) is 3. The molecule has 1 amide bonds. The Labute approximate surface area is 115 Å². The van der Waals surface area contributed by atoms with Crippen molar-refractivity contribution in [3.63, 3.8) is 0 Å². The Morgan fingerprint density at radius 2 is 2.55 bits per heavy atom. The topological polar surface area (TPSA) is 77.8 Å². The van der Waals surface area contributed by atoms with Crippen molar-refractivity contribution in [2.75, 3.05) is 25.1 Å². The van der Waals surface area contributed by atoms with Gasteiger partial charge in [0.1, 0.15) is 6.61 Å². The minimum atomic E-state index is -0.212. The lowest BCUT2D eigenvalue weighted by Gasteiger charge is -2.10. The molecule has 0 radical (unpaired) electrons. The van der Waals surface area contributed by atoms with E-state index in [0.29, 0.717) is 12.3 Å². The number of nitrogens with one attached hydrogen (secondary N) is 1. The standard InChI is InChI=1S/C13H16N4O3/c18-13(9-19-8-11-2-1-5-20-11)16-10-6-14-12-3-4-15-17(12)7-10/h3-4,6-7,11H,1-2,5,8-9H2,(H,16,18)/t11-/m1/s1. The second-order valence-electron chi connectivity index (χ2n) is 4.67. The fourth-order valence-electron chi connectivity index (χ4n) is 2.13. The molecule has 2 aromatic rings. The minimum absolute atomic E-state index is 0.0109. The van der Waals surface area contributed by atoms with Gasteiger partial charge < -0.3 is 14.8 Å². The summed E-state index contributed by atoms with van der Waals surface area (Å²) in [6.07, 6.45) is 7.15. The van der Waals surface area contributed by atoms with Crippen molar-refractivity contribution < 1.29 is 14.3 Å². The van der Waals surface area contributed by atoms with E-state index in [1.807, 2.05) is 0 Å². The van der Waals surface area contributed by atoms with Crippen LogP contribution in [0.1, 0.15) is 12.8 Å². The molecule has 106 valence electrons. The van der Waals surface area contributed by atoms with Gasteiger partial charge in [0.15, 0.2) is 5.65 Å². The van der Waals surface area contributed by atoms with Crippen molar-refractivity contribution in [1.82, 2.24) is 14.6 Å². The number of hydrogen-bond donors (Lipinski definition) is 1. The SMILES string of the molecule is O=C(COC[C@H]1CCCO1)Nc1cnc2ccnn2c1. The Hall–Kier alpha value is -1.99. The molecule has 0 bridgehead atoms. The van der Waals surface area contributed by atoms with E-state index in [0.717, 1.165) is 25.1 Å². The molecule has 1 fully saturated rings. The Bertz CT molecular complexity index is 592. The lowest BCUT2D eigenvalue weighted by atomic mass is 10.2. The maximum Gasteiger partial charge on any atom is 0.250 e. The van der Waals surface area contributed by atoms with Gasteiger partial charge in [0, 0.05) is 12.7 Å². The largest absolute Gasteiger partial charge is 0.376 e.